The minimum Gasteiger partial charge on any atom is -0.361 e. The monoisotopic (exact) mass is 287 g/mol. The highest BCUT2D eigenvalue weighted by molar-refractivity contribution is 5.86. The van der Waals surface area contributed by atoms with Crippen LogP contribution in [0.25, 0.3) is 10.9 Å². The molecule has 0 spiro atoms. The van der Waals surface area contributed by atoms with Crippen molar-refractivity contribution in [3.8, 4) is 0 Å². The Morgan fingerprint density at radius 3 is 2.76 bits per heavy atom. The Balaban J connectivity index is 2.09. The van der Waals surface area contributed by atoms with Gasteiger partial charge < -0.3 is 20.8 Å². The number of nitrogens with one attached hydrogen (secondary N) is 2. The number of para-hydroxylation sites is 1. The SMILES string of the molecule is CC(C)[C@H](N)C(=O)N[C@@H](C=O)Cc1c[nH]c2ccccc12. The number of aromatic amines is 1. The fourth-order valence-corrected chi connectivity index (χ4v) is 2.25. The van der Waals surface area contributed by atoms with Crippen molar-refractivity contribution in [3.05, 3.63) is 36.0 Å². The Hall–Kier alpha value is -2.14. The largest absolute Gasteiger partial charge is 0.361 e. The lowest BCUT2D eigenvalue weighted by Gasteiger charge is -2.18. The fourth-order valence-electron chi connectivity index (χ4n) is 2.25. The van der Waals surface area contributed by atoms with Crippen molar-refractivity contribution in [2.45, 2.75) is 32.4 Å². The van der Waals surface area contributed by atoms with Crippen molar-refractivity contribution in [1.29, 1.82) is 0 Å². The third kappa shape index (κ3) is 3.49. The minimum atomic E-state index is -0.601. The van der Waals surface area contributed by atoms with E-state index in [4.69, 9.17) is 5.73 Å². The molecule has 5 nitrogen and oxygen atoms in total. The standard InChI is InChI=1S/C16H21N3O2/c1-10(2)15(17)16(21)19-12(9-20)7-11-8-18-14-6-4-3-5-13(11)14/h3-6,8-10,12,15,18H,7,17H2,1-2H3,(H,19,21)/t12-,15+/m1/s1. The van der Waals surface area contributed by atoms with Crippen LogP contribution in [-0.2, 0) is 16.0 Å². The second kappa shape index (κ2) is 6.54. The summed E-state index contributed by atoms with van der Waals surface area (Å²) in [6, 6.07) is 6.69. The van der Waals surface area contributed by atoms with Gasteiger partial charge in [0.05, 0.1) is 12.1 Å². The number of H-pyrrole nitrogens is 1. The van der Waals surface area contributed by atoms with Crippen molar-refractivity contribution >= 4 is 23.1 Å². The summed E-state index contributed by atoms with van der Waals surface area (Å²) in [5, 5.41) is 3.77. The zero-order valence-electron chi connectivity index (χ0n) is 12.3. The number of benzene rings is 1. The molecule has 0 unspecified atom stereocenters. The maximum Gasteiger partial charge on any atom is 0.237 e. The molecule has 21 heavy (non-hydrogen) atoms. The van der Waals surface area contributed by atoms with E-state index in [2.05, 4.69) is 10.3 Å². The maximum atomic E-state index is 11.9. The van der Waals surface area contributed by atoms with Gasteiger partial charge in [0.2, 0.25) is 5.91 Å². The number of rotatable bonds is 6. The molecule has 0 saturated carbocycles. The molecule has 2 aromatic rings. The van der Waals surface area contributed by atoms with Crippen LogP contribution in [0.3, 0.4) is 0 Å². The van der Waals surface area contributed by atoms with E-state index in [1.807, 2.05) is 44.3 Å². The second-order valence-corrected chi connectivity index (χ2v) is 5.58. The van der Waals surface area contributed by atoms with E-state index < -0.39 is 12.1 Å². The van der Waals surface area contributed by atoms with Gasteiger partial charge in [0.1, 0.15) is 6.29 Å². The molecule has 2 rings (SSSR count). The predicted octanol–water partition coefficient (Wildman–Crippen LogP) is 1.38. The summed E-state index contributed by atoms with van der Waals surface area (Å²) < 4.78 is 0. The van der Waals surface area contributed by atoms with E-state index in [0.717, 1.165) is 22.8 Å². The van der Waals surface area contributed by atoms with E-state index >= 15 is 0 Å². The Morgan fingerprint density at radius 1 is 1.38 bits per heavy atom. The lowest BCUT2D eigenvalue weighted by molar-refractivity contribution is -0.125. The molecule has 0 fully saturated rings. The summed E-state index contributed by atoms with van der Waals surface area (Å²) in [6.07, 6.45) is 3.08. The number of fused-ring (bicyclic) bond motifs is 1. The Labute approximate surface area is 123 Å². The molecule has 1 aromatic heterocycles. The summed E-state index contributed by atoms with van der Waals surface area (Å²) in [5.41, 5.74) is 7.81. The average Bonchev–Trinajstić information content (AvgIpc) is 2.88. The van der Waals surface area contributed by atoms with Gasteiger partial charge in [-0.05, 0) is 17.5 Å². The number of hydrogen-bond donors (Lipinski definition) is 3. The molecule has 1 amide bonds. The Kier molecular flexibility index (Phi) is 4.75. The number of aromatic nitrogens is 1. The zero-order chi connectivity index (χ0) is 15.4. The van der Waals surface area contributed by atoms with Gasteiger partial charge in [0, 0.05) is 23.5 Å². The Bertz CT molecular complexity index is 633. The molecule has 5 heteroatoms. The van der Waals surface area contributed by atoms with E-state index in [1.54, 1.807) is 0 Å². The van der Waals surface area contributed by atoms with E-state index in [9.17, 15) is 9.59 Å². The molecule has 0 bridgehead atoms. The molecule has 0 saturated heterocycles. The summed E-state index contributed by atoms with van der Waals surface area (Å²) in [4.78, 5) is 26.3. The van der Waals surface area contributed by atoms with Crippen molar-refractivity contribution in [1.82, 2.24) is 10.3 Å². The van der Waals surface area contributed by atoms with Gasteiger partial charge in [-0.15, -0.1) is 0 Å². The third-order valence-electron chi connectivity index (χ3n) is 3.63. The van der Waals surface area contributed by atoms with Crippen molar-refractivity contribution in [2.75, 3.05) is 0 Å². The highest BCUT2D eigenvalue weighted by Crippen LogP contribution is 2.18. The van der Waals surface area contributed by atoms with Crippen LogP contribution in [0.5, 0.6) is 0 Å². The van der Waals surface area contributed by atoms with Crippen LogP contribution in [0.1, 0.15) is 19.4 Å². The van der Waals surface area contributed by atoms with E-state index in [1.165, 1.54) is 0 Å². The summed E-state index contributed by atoms with van der Waals surface area (Å²) >= 11 is 0. The van der Waals surface area contributed by atoms with E-state index in [-0.39, 0.29) is 11.8 Å². The highest BCUT2D eigenvalue weighted by atomic mass is 16.2. The van der Waals surface area contributed by atoms with Crippen LogP contribution in [0.15, 0.2) is 30.5 Å². The van der Waals surface area contributed by atoms with Crippen LogP contribution < -0.4 is 11.1 Å². The molecule has 4 N–H and O–H groups in total. The first-order chi connectivity index (χ1) is 10.0. The Morgan fingerprint density at radius 2 is 2.10 bits per heavy atom. The molecule has 0 aliphatic carbocycles. The van der Waals surface area contributed by atoms with Crippen molar-refractivity contribution < 1.29 is 9.59 Å². The highest BCUT2D eigenvalue weighted by Gasteiger charge is 2.21. The van der Waals surface area contributed by atoms with Gasteiger partial charge in [-0.2, -0.15) is 0 Å². The third-order valence-corrected chi connectivity index (χ3v) is 3.63. The van der Waals surface area contributed by atoms with Gasteiger partial charge in [-0.3, -0.25) is 4.79 Å². The molecular formula is C16H21N3O2. The maximum absolute atomic E-state index is 11.9. The normalized spacial score (nSPS) is 14.1. The fraction of sp³-hybridized carbons (Fsp3) is 0.375. The van der Waals surface area contributed by atoms with Crippen LogP contribution in [0.2, 0.25) is 0 Å². The molecule has 2 atom stereocenters. The lowest BCUT2D eigenvalue weighted by atomic mass is 10.0. The number of amides is 1. The molecule has 0 radical (unpaired) electrons. The summed E-state index contributed by atoms with van der Waals surface area (Å²) in [7, 11) is 0. The summed E-state index contributed by atoms with van der Waals surface area (Å²) in [5.74, 6) is -0.257. The molecule has 0 aliphatic rings. The van der Waals surface area contributed by atoms with Gasteiger partial charge in [0.15, 0.2) is 0 Å². The molecule has 112 valence electrons. The molecular weight excluding hydrogens is 266 g/mol. The number of hydrogen-bond acceptors (Lipinski definition) is 3. The number of aldehydes is 1. The first kappa shape index (κ1) is 15.3. The topological polar surface area (TPSA) is 88.0 Å². The van der Waals surface area contributed by atoms with Crippen molar-refractivity contribution in [2.24, 2.45) is 11.7 Å². The number of carbonyl (C=O) groups excluding carboxylic acids is 2. The number of carbonyl (C=O) groups is 2. The number of nitrogens with two attached hydrogens (primary N) is 1. The smallest absolute Gasteiger partial charge is 0.237 e. The molecule has 0 aliphatic heterocycles. The average molecular weight is 287 g/mol. The van der Waals surface area contributed by atoms with Crippen molar-refractivity contribution in [3.63, 3.8) is 0 Å². The van der Waals surface area contributed by atoms with Gasteiger partial charge in [0.25, 0.3) is 0 Å². The van der Waals surface area contributed by atoms with Gasteiger partial charge in [-0.1, -0.05) is 32.0 Å². The molecule has 1 aromatic carbocycles. The van der Waals surface area contributed by atoms with Crippen LogP contribution in [0.4, 0.5) is 0 Å². The second-order valence-electron chi connectivity index (χ2n) is 5.58. The van der Waals surface area contributed by atoms with Crippen LogP contribution >= 0.6 is 0 Å². The minimum absolute atomic E-state index is 0.0328. The van der Waals surface area contributed by atoms with Crippen LogP contribution in [-0.4, -0.2) is 29.3 Å². The van der Waals surface area contributed by atoms with Gasteiger partial charge >= 0.3 is 0 Å². The summed E-state index contributed by atoms with van der Waals surface area (Å²) in [6.45, 7) is 3.75. The predicted molar refractivity (Wildman–Crippen MR) is 82.8 cm³/mol. The first-order valence-corrected chi connectivity index (χ1v) is 7.09. The van der Waals surface area contributed by atoms with E-state index in [0.29, 0.717) is 6.42 Å². The first-order valence-electron chi connectivity index (χ1n) is 7.09. The quantitative estimate of drug-likeness (QED) is 0.701. The molecule has 1 heterocycles. The van der Waals surface area contributed by atoms with Gasteiger partial charge in [-0.25, -0.2) is 0 Å². The zero-order valence-corrected chi connectivity index (χ0v) is 12.3. The van der Waals surface area contributed by atoms with Crippen LogP contribution in [0, 0.1) is 5.92 Å². The lowest BCUT2D eigenvalue weighted by Crippen LogP contribution is -2.49.